The van der Waals surface area contributed by atoms with Gasteiger partial charge in [-0.05, 0) is 48.8 Å². The van der Waals surface area contributed by atoms with Gasteiger partial charge in [0, 0.05) is 19.0 Å². The first kappa shape index (κ1) is 8.70. The lowest BCUT2D eigenvalue weighted by atomic mass is 9.92. The molecule has 1 aromatic rings. The number of pyridine rings is 1. The Morgan fingerprint density at radius 2 is 2.08 bits per heavy atom. The summed E-state index contributed by atoms with van der Waals surface area (Å²) in [4.78, 5) is 4.01. The van der Waals surface area contributed by atoms with Crippen molar-refractivity contribution < 1.29 is 5.11 Å². The van der Waals surface area contributed by atoms with Crippen LogP contribution in [-0.4, -0.2) is 16.7 Å². The summed E-state index contributed by atoms with van der Waals surface area (Å²) in [5, 5.41) is 8.96. The van der Waals surface area contributed by atoms with E-state index in [0.29, 0.717) is 12.5 Å². The Labute approximate surface area is 78.6 Å². The van der Waals surface area contributed by atoms with Gasteiger partial charge in [0.25, 0.3) is 0 Å². The lowest BCUT2D eigenvalue weighted by Gasteiger charge is -2.14. The van der Waals surface area contributed by atoms with Crippen LogP contribution in [0, 0.1) is 5.92 Å². The zero-order valence-electron chi connectivity index (χ0n) is 7.69. The number of rotatable bonds is 4. The van der Waals surface area contributed by atoms with Gasteiger partial charge in [-0.3, -0.25) is 4.98 Å². The lowest BCUT2D eigenvalue weighted by molar-refractivity contribution is 0.270. The van der Waals surface area contributed by atoms with Crippen LogP contribution in [0.4, 0.5) is 0 Å². The third kappa shape index (κ3) is 2.07. The molecule has 2 rings (SSSR count). The number of nitrogens with zero attached hydrogens (tertiary/aromatic N) is 1. The van der Waals surface area contributed by atoms with Crippen molar-refractivity contribution >= 4 is 0 Å². The van der Waals surface area contributed by atoms with Gasteiger partial charge in [0.05, 0.1) is 0 Å². The molecule has 0 bridgehead atoms. The standard InChI is InChI=1S/C11H15NO/c13-8-5-11(9-1-2-9)10-3-6-12-7-4-10/h3-4,6-7,9,11,13H,1-2,5,8H2. The summed E-state index contributed by atoms with van der Waals surface area (Å²) >= 11 is 0. The van der Waals surface area contributed by atoms with Gasteiger partial charge in [-0.2, -0.15) is 0 Å². The summed E-state index contributed by atoms with van der Waals surface area (Å²) in [5.74, 6) is 1.38. The fourth-order valence-corrected chi connectivity index (χ4v) is 1.92. The average molecular weight is 177 g/mol. The second-order valence-corrected chi connectivity index (χ2v) is 3.74. The molecule has 1 unspecified atom stereocenters. The molecule has 1 aromatic heterocycles. The highest BCUT2D eigenvalue weighted by molar-refractivity contribution is 5.18. The zero-order valence-corrected chi connectivity index (χ0v) is 7.69. The van der Waals surface area contributed by atoms with Crippen LogP contribution in [-0.2, 0) is 0 Å². The van der Waals surface area contributed by atoms with Gasteiger partial charge in [0.15, 0.2) is 0 Å². The van der Waals surface area contributed by atoms with Crippen LogP contribution in [0.3, 0.4) is 0 Å². The fourth-order valence-electron chi connectivity index (χ4n) is 1.92. The second-order valence-electron chi connectivity index (χ2n) is 3.74. The van der Waals surface area contributed by atoms with Crippen molar-refractivity contribution in [2.75, 3.05) is 6.61 Å². The largest absolute Gasteiger partial charge is 0.396 e. The average Bonchev–Trinajstić information content (AvgIpc) is 2.99. The van der Waals surface area contributed by atoms with Crippen molar-refractivity contribution in [3.05, 3.63) is 30.1 Å². The number of aromatic nitrogens is 1. The van der Waals surface area contributed by atoms with Crippen molar-refractivity contribution in [1.82, 2.24) is 4.98 Å². The minimum atomic E-state index is 0.295. The maximum atomic E-state index is 8.96. The van der Waals surface area contributed by atoms with Crippen LogP contribution in [0.2, 0.25) is 0 Å². The normalized spacial score (nSPS) is 18.5. The molecule has 2 nitrogen and oxygen atoms in total. The van der Waals surface area contributed by atoms with E-state index in [1.54, 1.807) is 0 Å². The molecule has 1 aliphatic rings. The van der Waals surface area contributed by atoms with E-state index in [-0.39, 0.29) is 0 Å². The molecule has 13 heavy (non-hydrogen) atoms. The predicted molar refractivity (Wildman–Crippen MR) is 51.4 cm³/mol. The van der Waals surface area contributed by atoms with Crippen molar-refractivity contribution in [3.63, 3.8) is 0 Å². The molecule has 0 amide bonds. The van der Waals surface area contributed by atoms with Crippen LogP contribution in [0.1, 0.15) is 30.7 Å². The van der Waals surface area contributed by atoms with Gasteiger partial charge < -0.3 is 5.11 Å². The highest BCUT2D eigenvalue weighted by Crippen LogP contribution is 2.44. The van der Waals surface area contributed by atoms with Gasteiger partial charge in [0.2, 0.25) is 0 Å². The minimum Gasteiger partial charge on any atom is -0.396 e. The summed E-state index contributed by atoms with van der Waals surface area (Å²) in [6.45, 7) is 0.295. The van der Waals surface area contributed by atoms with Crippen molar-refractivity contribution in [2.24, 2.45) is 5.92 Å². The van der Waals surface area contributed by atoms with Crippen molar-refractivity contribution in [1.29, 1.82) is 0 Å². The van der Waals surface area contributed by atoms with E-state index in [4.69, 9.17) is 5.11 Å². The van der Waals surface area contributed by atoms with E-state index < -0.39 is 0 Å². The Balaban J connectivity index is 2.10. The summed E-state index contributed by atoms with van der Waals surface area (Å²) in [7, 11) is 0. The fraction of sp³-hybridized carbons (Fsp3) is 0.545. The zero-order chi connectivity index (χ0) is 9.10. The van der Waals surface area contributed by atoms with E-state index in [1.165, 1.54) is 18.4 Å². The van der Waals surface area contributed by atoms with Gasteiger partial charge in [-0.15, -0.1) is 0 Å². The van der Waals surface area contributed by atoms with Gasteiger partial charge in [-0.1, -0.05) is 0 Å². The molecule has 1 heterocycles. The molecular weight excluding hydrogens is 162 g/mol. The third-order valence-corrected chi connectivity index (χ3v) is 2.77. The van der Waals surface area contributed by atoms with E-state index >= 15 is 0 Å². The summed E-state index contributed by atoms with van der Waals surface area (Å²) in [6.07, 6.45) is 7.22. The summed E-state index contributed by atoms with van der Waals surface area (Å²) < 4.78 is 0. The molecule has 1 atom stereocenters. The first-order valence-corrected chi connectivity index (χ1v) is 4.92. The number of hydrogen-bond donors (Lipinski definition) is 1. The molecule has 0 radical (unpaired) electrons. The molecule has 2 heteroatoms. The second kappa shape index (κ2) is 3.88. The molecule has 0 saturated heterocycles. The predicted octanol–water partition coefficient (Wildman–Crippen LogP) is 1.96. The van der Waals surface area contributed by atoms with E-state index in [1.807, 2.05) is 12.4 Å². The number of aliphatic hydroxyl groups is 1. The van der Waals surface area contributed by atoms with Gasteiger partial charge >= 0.3 is 0 Å². The van der Waals surface area contributed by atoms with E-state index in [9.17, 15) is 0 Å². The smallest absolute Gasteiger partial charge is 0.0436 e. The highest BCUT2D eigenvalue weighted by Gasteiger charge is 2.31. The van der Waals surface area contributed by atoms with Crippen LogP contribution in [0.25, 0.3) is 0 Å². The van der Waals surface area contributed by atoms with Crippen molar-refractivity contribution in [2.45, 2.75) is 25.2 Å². The Morgan fingerprint density at radius 1 is 1.38 bits per heavy atom. The Kier molecular flexibility index (Phi) is 2.60. The molecule has 70 valence electrons. The first-order valence-electron chi connectivity index (χ1n) is 4.92. The quantitative estimate of drug-likeness (QED) is 0.762. The third-order valence-electron chi connectivity index (χ3n) is 2.77. The molecule has 0 aromatic carbocycles. The topological polar surface area (TPSA) is 33.1 Å². The minimum absolute atomic E-state index is 0.295. The molecule has 0 spiro atoms. The molecule has 1 aliphatic carbocycles. The van der Waals surface area contributed by atoms with Crippen LogP contribution >= 0.6 is 0 Å². The maximum Gasteiger partial charge on any atom is 0.0436 e. The lowest BCUT2D eigenvalue weighted by Crippen LogP contribution is -2.03. The monoisotopic (exact) mass is 177 g/mol. The summed E-state index contributed by atoms with van der Waals surface area (Å²) in [6, 6.07) is 4.14. The molecule has 0 aliphatic heterocycles. The van der Waals surface area contributed by atoms with Crippen LogP contribution in [0.5, 0.6) is 0 Å². The Hall–Kier alpha value is -0.890. The Morgan fingerprint density at radius 3 is 2.62 bits per heavy atom. The Bertz CT molecular complexity index is 256. The molecule has 1 fully saturated rings. The van der Waals surface area contributed by atoms with Crippen LogP contribution < -0.4 is 0 Å². The van der Waals surface area contributed by atoms with E-state index in [0.717, 1.165) is 12.3 Å². The number of hydrogen-bond acceptors (Lipinski definition) is 2. The molecule has 1 saturated carbocycles. The number of aliphatic hydroxyl groups excluding tert-OH is 1. The van der Waals surface area contributed by atoms with E-state index in [2.05, 4.69) is 17.1 Å². The SMILES string of the molecule is OCCC(c1ccncc1)C1CC1. The van der Waals surface area contributed by atoms with Crippen molar-refractivity contribution in [3.8, 4) is 0 Å². The molecular formula is C11H15NO. The first-order chi connectivity index (χ1) is 6.42. The maximum absolute atomic E-state index is 8.96. The van der Waals surface area contributed by atoms with Gasteiger partial charge in [0.1, 0.15) is 0 Å². The summed E-state index contributed by atoms with van der Waals surface area (Å²) in [5.41, 5.74) is 1.34. The van der Waals surface area contributed by atoms with Crippen LogP contribution in [0.15, 0.2) is 24.5 Å². The van der Waals surface area contributed by atoms with Gasteiger partial charge in [-0.25, -0.2) is 0 Å². The molecule has 1 N–H and O–H groups in total. The highest BCUT2D eigenvalue weighted by atomic mass is 16.3.